The Morgan fingerprint density at radius 3 is 2.38 bits per heavy atom. The second-order valence-corrected chi connectivity index (χ2v) is 15.8. The van der Waals surface area contributed by atoms with Crippen LogP contribution in [0.2, 0.25) is 0 Å². The summed E-state index contributed by atoms with van der Waals surface area (Å²) in [6, 6.07) is 29.5. The highest BCUT2D eigenvalue weighted by Crippen LogP contribution is 2.41. The molecule has 1 aliphatic carbocycles. The second-order valence-electron chi connectivity index (χ2n) is 15.8. The predicted octanol–water partition coefficient (Wildman–Crippen LogP) is 8.70. The van der Waals surface area contributed by atoms with Gasteiger partial charge in [0, 0.05) is 37.0 Å². The molecule has 300 valence electrons. The fourth-order valence-electron chi connectivity index (χ4n) is 8.21. The summed E-state index contributed by atoms with van der Waals surface area (Å²) in [7, 11) is 0. The number of carbonyl (C=O) groups excluding carboxylic acids is 1. The van der Waals surface area contributed by atoms with E-state index in [0.717, 1.165) is 51.4 Å². The number of ether oxygens (including phenoxy) is 4. The Morgan fingerprint density at radius 1 is 0.879 bits per heavy atom. The number of carboxylic acid groups (broad SMARTS) is 1. The summed E-state index contributed by atoms with van der Waals surface area (Å²) in [5.74, 6) is 2.73. The van der Waals surface area contributed by atoms with Crippen molar-refractivity contribution >= 4 is 11.9 Å². The normalized spacial score (nSPS) is 18.4. The molecule has 10 nitrogen and oxygen atoms in total. The van der Waals surface area contributed by atoms with Crippen molar-refractivity contribution in [2.24, 2.45) is 5.92 Å². The van der Waals surface area contributed by atoms with Crippen LogP contribution in [0.25, 0.3) is 0 Å². The average Bonchev–Trinajstić information content (AvgIpc) is 3.24. The van der Waals surface area contributed by atoms with Crippen LogP contribution in [-0.2, 0) is 35.5 Å². The van der Waals surface area contributed by atoms with Crippen LogP contribution in [0.1, 0.15) is 77.3 Å². The predicted molar refractivity (Wildman–Crippen MR) is 220 cm³/mol. The molecule has 0 saturated heterocycles. The number of nitrogens with zero attached hydrogens (tertiary/aromatic N) is 2. The Hall–Kier alpha value is -5.87. The molecule has 0 spiro atoms. The van der Waals surface area contributed by atoms with Crippen LogP contribution in [0.4, 0.5) is 0 Å². The van der Waals surface area contributed by atoms with Gasteiger partial charge >= 0.3 is 5.97 Å². The lowest BCUT2D eigenvalue weighted by Crippen LogP contribution is -2.54. The first-order valence-electron chi connectivity index (χ1n) is 20.4. The lowest BCUT2D eigenvalue weighted by atomic mass is 9.90. The van der Waals surface area contributed by atoms with Gasteiger partial charge in [0.2, 0.25) is 5.91 Å². The first-order valence-corrected chi connectivity index (χ1v) is 20.4. The number of hydrogen-bond acceptors (Lipinski definition) is 8. The molecular formula is C48H51N3O7. The highest BCUT2D eigenvalue weighted by atomic mass is 16.6. The molecule has 10 heteroatoms. The molecule has 0 bridgehead atoms. The molecule has 58 heavy (non-hydrogen) atoms. The van der Waals surface area contributed by atoms with Crippen LogP contribution in [-0.4, -0.2) is 52.2 Å². The summed E-state index contributed by atoms with van der Waals surface area (Å²) >= 11 is 0. The number of pyridine rings is 1. The van der Waals surface area contributed by atoms with Crippen molar-refractivity contribution < 1.29 is 33.6 Å². The van der Waals surface area contributed by atoms with Crippen LogP contribution in [0, 0.1) is 19.8 Å². The number of benzene rings is 4. The lowest BCUT2D eigenvalue weighted by Gasteiger charge is -2.37. The van der Waals surface area contributed by atoms with Crippen LogP contribution >= 0.6 is 0 Å². The minimum absolute atomic E-state index is 0.118. The number of aromatic nitrogens is 1. The molecule has 3 atom stereocenters. The summed E-state index contributed by atoms with van der Waals surface area (Å²) in [4.78, 5) is 33.1. The van der Waals surface area contributed by atoms with Gasteiger partial charge in [0.15, 0.2) is 17.6 Å². The van der Waals surface area contributed by atoms with Crippen molar-refractivity contribution in [1.82, 2.24) is 15.2 Å². The molecule has 2 N–H and O–H groups in total. The number of hydrogen-bond donors (Lipinski definition) is 2. The van der Waals surface area contributed by atoms with Gasteiger partial charge in [-0.25, -0.2) is 4.79 Å². The van der Waals surface area contributed by atoms with E-state index >= 15 is 0 Å². The molecular weight excluding hydrogens is 731 g/mol. The van der Waals surface area contributed by atoms with E-state index in [0.29, 0.717) is 55.0 Å². The first kappa shape index (κ1) is 39.0. The van der Waals surface area contributed by atoms with Gasteiger partial charge in [-0.15, -0.1) is 0 Å². The van der Waals surface area contributed by atoms with Crippen LogP contribution < -0.4 is 24.3 Å². The minimum atomic E-state index is -1.13. The monoisotopic (exact) mass is 781 g/mol. The third-order valence-electron chi connectivity index (χ3n) is 11.8. The maximum Gasteiger partial charge on any atom is 0.326 e. The molecule has 3 heterocycles. The molecule has 4 aromatic carbocycles. The van der Waals surface area contributed by atoms with Crippen molar-refractivity contribution in [3.05, 3.63) is 142 Å². The third-order valence-corrected chi connectivity index (χ3v) is 11.8. The molecule has 1 aromatic heterocycles. The number of nitrogens with one attached hydrogen (secondary N) is 1. The maximum atomic E-state index is 14.2. The first-order chi connectivity index (χ1) is 28.3. The SMILES string of the molecule is Cc1nccc(Oc2ccc(C[C@H](NC(=O)[C@@H]3Cc4cc5c(cc4CN3Cc3ccccc3)O[C@@H](c3ccc(OCC4CCCCC4)cc3)CO5)C(=O)O)cc2)c1C. The van der Waals surface area contributed by atoms with Gasteiger partial charge in [-0.3, -0.25) is 14.7 Å². The van der Waals surface area contributed by atoms with Gasteiger partial charge in [-0.2, -0.15) is 0 Å². The smallest absolute Gasteiger partial charge is 0.326 e. The largest absolute Gasteiger partial charge is 0.493 e. The molecule has 1 fully saturated rings. The fourth-order valence-corrected chi connectivity index (χ4v) is 8.21. The topological polar surface area (TPSA) is 119 Å². The molecule has 8 rings (SSSR count). The van der Waals surface area contributed by atoms with Crippen molar-refractivity contribution in [2.45, 2.75) is 90.1 Å². The van der Waals surface area contributed by atoms with Crippen LogP contribution in [0.5, 0.6) is 28.7 Å². The van der Waals surface area contributed by atoms with Gasteiger partial charge in [0.1, 0.15) is 29.9 Å². The fraction of sp³-hybridized carbons (Fsp3) is 0.354. The Morgan fingerprint density at radius 2 is 1.62 bits per heavy atom. The van der Waals surface area contributed by atoms with Gasteiger partial charge in [0.25, 0.3) is 0 Å². The van der Waals surface area contributed by atoms with Crippen LogP contribution in [0.3, 0.4) is 0 Å². The molecule has 0 radical (unpaired) electrons. The van der Waals surface area contributed by atoms with Gasteiger partial charge in [-0.05, 0) is 109 Å². The summed E-state index contributed by atoms with van der Waals surface area (Å²) in [6.45, 7) is 6.00. The molecule has 5 aromatic rings. The molecule has 1 amide bonds. The zero-order valence-electron chi connectivity index (χ0n) is 33.2. The Bertz CT molecular complexity index is 2200. The quantitative estimate of drug-likeness (QED) is 0.121. The van der Waals surface area contributed by atoms with Gasteiger partial charge < -0.3 is 29.4 Å². The molecule has 0 unspecified atom stereocenters. The zero-order chi connectivity index (χ0) is 40.0. The van der Waals surface area contributed by atoms with Crippen molar-refractivity contribution in [2.75, 3.05) is 13.2 Å². The van der Waals surface area contributed by atoms with E-state index in [1.807, 2.05) is 98.8 Å². The van der Waals surface area contributed by atoms with E-state index in [-0.39, 0.29) is 18.4 Å². The molecule has 1 saturated carbocycles. The highest BCUT2D eigenvalue weighted by Gasteiger charge is 2.36. The Balaban J connectivity index is 0.947. The van der Waals surface area contributed by atoms with E-state index < -0.39 is 18.1 Å². The Labute approximate surface area is 340 Å². The average molecular weight is 782 g/mol. The summed E-state index contributed by atoms with van der Waals surface area (Å²) in [6.07, 6.45) is 8.37. The number of aryl methyl sites for hydroxylation is 1. The second kappa shape index (κ2) is 17.7. The highest BCUT2D eigenvalue weighted by molar-refractivity contribution is 5.87. The number of carboxylic acids is 1. The summed E-state index contributed by atoms with van der Waals surface area (Å²) in [5.41, 5.74) is 6.70. The zero-order valence-corrected chi connectivity index (χ0v) is 33.2. The van der Waals surface area contributed by atoms with E-state index in [1.54, 1.807) is 6.20 Å². The van der Waals surface area contributed by atoms with Crippen molar-refractivity contribution in [3.8, 4) is 28.7 Å². The van der Waals surface area contributed by atoms with Gasteiger partial charge in [0.05, 0.1) is 12.6 Å². The summed E-state index contributed by atoms with van der Waals surface area (Å²) < 4.78 is 25.0. The van der Waals surface area contributed by atoms with E-state index in [4.69, 9.17) is 18.9 Å². The molecule has 3 aliphatic rings. The van der Waals surface area contributed by atoms with Crippen molar-refractivity contribution in [1.29, 1.82) is 0 Å². The number of carbonyl (C=O) groups is 2. The minimum Gasteiger partial charge on any atom is -0.493 e. The number of rotatable bonds is 13. The molecule has 2 aliphatic heterocycles. The van der Waals surface area contributed by atoms with Crippen molar-refractivity contribution in [3.63, 3.8) is 0 Å². The van der Waals surface area contributed by atoms with E-state index in [1.165, 1.54) is 32.1 Å². The third kappa shape index (κ3) is 9.29. The standard InChI is InChI=1S/C48H51N3O7/c1-31-32(2)49-22-21-43(31)57-40-17-13-33(14-18-40)23-41(48(53)54)50-47(52)42-24-37-25-44-45(26-38(37)28-51(42)27-34-9-5-3-6-10-34)58-46(30-56-44)36-15-19-39(20-16-36)55-29-35-11-7-4-8-12-35/h3,5-6,9-10,13-22,25-26,35,41-42,46H,4,7-8,11-12,23-24,27-30H2,1-2H3,(H,50,52)(H,53,54)/t41-,42-,46+/m0/s1. The lowest BCUT2D eigenvalue weighted by molar-refractivity contribution is -0.142. The number of aliphatic carboxylic acids is 1. The van der Waals surface area contributed by atoms with E-state index in [2.05, 4.69) is 27.3 Å². The Kier molecular flexibility index (Phi) is 11.9. The number of amides is 1. The van der Waals surface area contributed by atoms with E-state index in [9.17, 15) is 14.7 Å². The number of fused-ring (bicyclic) bond motifs is 2. The van der Waals surface area contributed by atoms with Gasteiger partial charge in [-0.1, -0.05) is 73.9 Å². The maximum absolute atomic E-state index is 14.2. The summed E-state index contributed by atoms with van der Waals surface area (Å²) in [5, 5.41) is 13.2. The van der Waals surface area contributed by atoms with Crippen LogP contribution in [0.15, 0.2) is 103 Å².